The molecule has 1 fully saturated rings. The highest BCUT2D eigenvalue weighted by Crippen LogP contribution is 2.37. The van der Waals surface area contributed by atoms with Crippen LogP contribution in [0, 0.1) is 0 Å². The maximum Gasteiger partial charge on any atom is 0.154 e. The molecule has 2 aliphatic rings. The Hall–Kier alpha value is -0.940. The van der Waals surface area contributed by atoms with Crippen LogP contribution in [0.1, 0.15) is 6.42 Å². The van der Waals surface area contributed by atoms with Crippen molar-refractivity contribution in [3.8, 4) is 0 Å². The van der Waals surface area contributed by atoms with Crippen LogP contribution < -0.4 is 10.2 Å². The van der Waals surface area contributed by atoms with E-state index in [4.69, 9.17) is 11.6 Å². The van der Waals surface area contributed by atoms with Gasteiger partial charge in [-0.3, -0.25) is 0 Å². The molecule has 1 unspecified atom stereocenters. The third-order valence-corrected chi connectivity index (χ3v) is 5.62. The van der Waals surface area contributed by atoms with Crippen LogP contribution in [-0.2, 0) is 9.84 Å². The highest BCUT2D eigenvalue weighted by atomic mass is 35.5. The molecular formula is C12H15ClN2O2S. The summed E-state index contributed by atoms with van der Waals surface area (Å²) < 4.78 is 23.4. The zero-order valence-corrected chi connectivity index (χ0v) is 11.5. The van der Waals surface area contributed by atoms with Crippen molar-refractivity contribution in [3.05, 3.63) is 23.2 Å². The number of halogens is 1. The lowest BCUT2D eigenvalue weighted by Crippen LogP contribution is -2.48. The minimum Gasteiger partial charge on any atom is -0.382 e. The number of benzene rings is 1. The number of nitrogens with zero attached hydrogens (tertiary/aromatic N) is 1. The fourth-order valence-electron chi connectivity index (χ4n) is 2.73. The van der Waals surface area contributed by atoms with Crippen molar-refractivity contribution in [2.24, 2.45) is 0 Å². The number of sulfone groups is 1. The average molecular weight is 287 g/mol. The maximum absolute atomic E-state index is 11.7. The first kappa shape index (κ1) is 12.1. The molecule has 6 heteroatoms. The molecule has 3 rings (SSSR count). The summed E-state index contributed by atoms with van der Waals surface area (Å²) in [6, 6.07) is 5.84. The van der Waals surface area contributed by atoms with Gasteiger partial charge in [0.2, 0.25) is 0 Å². The predicted octanol–water partition coefficient (Wildman–Crippen LogP) is 1.76. The summed E-state index contributed by atoms with van der Waals surface area (Å²) in [6.45, 7) is 1.31. The van der Waals surface area contributed by atoms with Crippen molar-refractivity contribution >= 4 is 32.8 Å². The summed E-state index contributed by atoms with van der Waals surface area (Å²) in [7, 11) is -2.88. The lowest BCUT2D eigenvalue weighted by molar-refractivity contribution is 0.550. The van der Waals surface area contributed by atoms with Crippen molar-refractivity contribution < 1.29 is 8.42 Å². The number of hydrogen-bond donors (Lipinski definition) is 1. The van der Waals surface area contributed by atoms with Crippen molar-refractivity contribution in [2.75, 3.05) is 34.8 Å². The van der Waals surface area contributed by atoms with Crippen LogP contribution in [0.15, 0.2) is 18.2 Å². The fraction of sp³-hybridized carbons (Fsp3) is 0.500. The Bertz CT molecular complexity index is 573. The Kier molecular flexibility index (Phi) is 2.90. The van der Waals surface area contributed by atoms with E-state index in [1.165, 1.54) is 0 Å². The first-order valence-corrected chi connectivity index (χ1v) is 8.26. The molecule has 1 aromatic rings. The Morgan fingerprint density at radius 1 is 1.39 bits per heavy atom. The van der Waals surface area contributed by atoms with Gasteiger partial charge in [0, 0.05) is 19.1 Å². The molecule has 2 heterocycles. The monoisotopic (exact) mass is 286 g/mol. The standard InChI is InChI=1S/C12H15ClN2O2S/c13-10-2-1-3-11-12(10)14-5-4-9-8-18(16,17)7-6-15(9)11/h1-3,9,14H,4-8H2. The number of para-hydroxylation sites is 1. The van der Waals surface area contributed by atoms with Gasteiger partial charge < -0.3 is 10.2 Å². The van der Waals surface area contributed by atoms with Crippen LogP contribution >= 0.6 is 11.6 Å². The van der Waals surface area contributed by atoms with E-state index in [2.05, 4.69) is 10.2 Å². The second kappa shape index (κ2) is 4.31. The molecule has 0 spiro atoms. The van der Waals surface area contributed by atoms with Crippen molar-refractivity contribution in [1.29, 1.82) is 0 Å². The lowest BCUT2D eigenvalue weighted by atomic mass is 10.2. The summed E-state index contributed by atoms with van der Waals surface area (Å²) >= 11 is 6.19. The van der Waals surface area contributed by atoms with Crippen LogP contribution in [0.3, 0.4) is 0 Å². The van der Waals surface area contributed by atoms with Gasteiger partial charge in [0.25, 0.3) is 0 Å². The van der Waals surface area contributed by atoms with Crippen LogP contribution in [0.25, 0.3) is 0 Å². The Morgan fingerprint density at radius 2 is 2.22 bits per heavy atom. The van der Waals surface area contributed by atoms with Crippen LogP contribution in [0.5, 0.6) is 0 Å². The third-order valence-electron chi connectivity index (χ3n) is 3.61. The van der Waals surface area contributed by atoms with Gasteiger partial charge >= 0.3 is 0 Å². The molecule has 1 saturated heterocycles. The quantitative estimate of drug-likeness (QED) is 0.789. The first-order chi connectivity index (χ1) is 8.57. The minimum absolute atomic E-state index is 0.0657. The summed E-state index contributed by atoms with van der Waals surface area (Å²) in [5.41, 5.74) is 1.96. The summed E-state index contributed by atoms with van der Waals surface area (Å²) in [6.07, 6.45) is 0.824. The smallest absolute Gasteiger partial charge is 0.154 e. The first-order valence-electron chi connectivity index (χ1n) is 6.06. The maximum atomic E-state index is 11.7. The largest absolute Gasteiger partial charge is 0.382 e. The van der Waals surface area contributed by atoms with E-state index < -0.39 is 9.84 Å². The van der Waals surface area contributed by atoms with Crippen LogP contribution in [0.2, 0.25) is 5.02 Å². The van der Waals surface area contributed by atoms with E-state index in [0.717, 1.165) is 24.3 Å². The van der Waals surface area contributed by atoms with E-state index in [1.54, 1.807) is 0 Å². The molecule has 0 saturated carbocycles. The number of rotatable bonds is 0. The molecule has 1 aromatic carbocycles. The number of hydrogen-bond acceptors (Lipinski definition) is 4. The second-order valence-corrected chi connectivity index (χ2v) is 7.45. The highest BCUT2D eigenvalue weighted by molar-refractivity contribution is 7.91. The molecule has 0 bridgehead atoms. The van der Waals surface area contributed by atoms with E-state index in [1.807, 2.05) is 18.2 Å². The topological polar surface area (TPSA) is 49.4 Å². The number of nitrogens with one attached hydrogen (secondary N) is 1. The van der Waals surface area contributed by atoms with Gasteiger partial charge in [-0.15, -0.1) is 0 Å². The Balaban J connectivity index is 2.03. The van der Waals surface area contributed by atoms with Gasteiger partial charge in [-0.1, -0.05) is 17.7 Å². The molecule has 4 nitrogen and oxygen atoms in total. The van der Waals surface area contributed by atoms with Crippen molar-refractivity contribution in [1.82, 2.24) is 0 Å². The molecule has 0 radical (unpaired) electrons. The molecule has 0 aliphatic carbocycles. The molecule has 98 valence electrons. The fourth-order valence-corrected chi connectivity index (χ4v) is 4.54. The molecule has 2 aliphatic heterocycles. The van der Waals surface area contributed by atoms with E-state index in [-0.39, 0.29) is 17.5 Å². The molecular weight excluding hydrogens is 272 g/mol. The molecule has 1 N–H and O–H groups in total. The summed E-state index contributed by atoms with van der Waals surface area (Å²) in [5.74, 6) is 0.482. The van der Waals surface area contributed by atoms with E-state index in [0.29, 0.717) is 11.6 Å². The van der Waals surface area contributed by atoms with E-state index >= 15 is 0 Å². The van der Waals surface area contributed by atoms with Gasteiger partial charge in [-0.2, -0.15) is 0 Å². The number of fused-ring (bicyclic) bond motifs is 3. The van der Waals surface area contributed by atoms with Crippen molar-refractivity contribution in [2.45, 2.75) is 12.5 Å². The van der Waals surface area contributed by atoms with Gasteiger partial charge in [0.1, 0.15) is 0 Å². The average Bonchev–Trinajstić information content (AvgIpc) is 2.47. The molecule has 1 atom stereocenters. The summed E-state index contributed by atoms with van der Waals surface area (Å²) in [5, 5.41) is 4.00. The molecule has 0 amide bonds. The lowest BCUT2D eigenvalue weighted by Gasteiger charge is -2.36. The summed E-state index contributed by atoms with van der Waals surface area (Å²) in [4.78, 5) is 2.18. The van der Waals surface area contributed by atoms with Crippen LogP contribution in [-0.4, -0.2) is 39.1 Å². The normalized spacial score (nSPS) is 25.6. The van der Waals surface area contributed by atoms with Gasteiger partial charge in [-0.25, -0.2) is 8.42 Å². The minimum atomic E-state index is -2.88. The Labute approximate surface area is 112 Å². The third kappa shape index (κ3) is 2.06. The second-order valence-electron chi connectivity index (χ2n) is 4.81. The Morgan fingerprint density at radius 3 is 3.06 bits per heavy atom. The zero-order valence-electron chi connectivity index (χ0n) is 9.89. The predicted molar refractivity (Wildman–Crippen MR) is 74.3 cm³/mol. The SMILES string of the molecule is O=S1(=O)CCN2c3cccc(Cl)c3NCCC2C1. The highest BCUT2D eigenvalue weighted by Gasteiger charge is 2.33. The van der Waals surface area contributed by atoms with Gasteiger partial charge in [0.05, 0.1) is 27.9 Å². The molecule has 0 aromatic heterocycles. The zero-order chi connectivity index (χ0) is 12.8. The van der Waals surface area contributed by atoms with E-state index in [9.17, 15) is 8.42 Å². The molecule has 18 heavy (non-hydrogen) atoms. The van der Waals surface area contributed by atoms with Gasteiger partial charge in [0.15, 0.2) is 9.84 Å². The number of anilines is 2. The van der Waals surface area contributed by atoms with Crippen LogP contribution in [0.4, 0.5) is 11.4 Å². The van der Waals surface area contributed by atoms with Crippen molar-refractivity contribution in [3.63, 3.8) is 0 Å². The van der Waals surface area contributed by atoms with Gasteiger partial charge in [-0.05, 0) is 18.6 Å².